The SMILES string of the molecule is Cc1ccc(Cl)cc1N(CC(=O)N(C)C1CCCC1)S(C)(=O)=O. The normalized spacial score (nSPS) is 15.7. The molecule has 0 heterocycles. The van der Waals surface area contributed by atoms with E-state index in [4.69, 9.17) is 11.6 Å². The summed E-state index contributed by atoms with van der Waals surface area (Å²) < 4.78 is 25.5. The molecule has 5 nitrogen and oxygen atoms in total. The molecule has 2 rings (SSSR count). The first-order chi connectivity index (χ1) is 10.7. The molecular formula is C16H23ClN2O3S. The molecule has 0 atom stereocenters. The maximum absolute atomic E-state index is 12.5. The van der Waals surface area contributed by atoms with E-state index < -0.39 is 10.0 Å². The molecule has 1 aromatic carbocycles. The maximum atomic E-state index is 12.5. The number of rotatable bonds is 5. The first-order valence-corrected chi connectivity index (χ1v) is 9.92. The van der Waals surface area contributed by atoms with E-state index in [1.807, 2.05) is 0 Å². The Morgan fingerprint density at radius 1 is 1.30 bits per heavy atom. The van der Waals surface area contributed by atoms with Gasteiger partial charge in [0.1, 0.15) is 6.54 Å². The molecular weight excluding hydrogens is 336 g/mol. The van der Waals surface area contributed by atoms with Crippen molar-refractivity contribution < 1.29 is 13.2 Å². The molecule has 1 aliphatic rings. The van der Waals surface area contributed by atoms with Crippen LogP contribution in [-0.4, -0.2) is 45.1 Å². The summed E-state index contributed by atoms with van der Waals surface area (Å²) in [5.41, 5.74) is 1.21. The predicted octanol–water partition coefficient (Wildman–Crippen LogP) is 2.82. The first kappa shape index (κ1) is 18.1. The molecule has 23 heavy (non-hydrogen) atoms. The summed E-state index contributed by atoms with van der Waals surface area (Å²) in [6.07, 6.45) is 5.31. The van der Waals surface area contributed by atoms with Crippen LogP contribution in [0.4, 0.5) is 5.69 Å². The molecule has 0 saturated heterocycles. The summed E-state index contributed by atoms with van der Waals surface area (Å²) in [6, 6.07) is 5.25. The van der Waals surface area contributed by atoms with Gasteiger partial charge in [-0.1, -0.05) is 30.5 Å². The summed E-state index contributed by atoms with van der Waals surface area (Å²) >= 11 is 6.00. The minimum absolute atomic E-state index is 0.193. The molecule has 0 radical (unpaired) electrons. The van der Waals surface area contributed by atoms with Crippen LogP contribution in [0.15, 0.2) is 18.2 Å². The van der Waals surface area contributed by atoms with E-state index in [1.165, 1.54) is 0 Å². The van der Waals surface area contributed by atoms with Gasteiger partial charge >= 0.3 is 0 Å². The third-order valence-corrected chi connectivity index (χ3v) is 5.75. The molecule has 1 aromatic rings. The van der Waals surface area contributed by atoms with Crippen LogP contribution in [0, 0.1) is 6.92 Å². The average Bonchev–Trinajstić information content (AvgIpc) is 2.99. The zero-order valence-corrected chi connectivity index (χ0v) is 15.3. The van der Waals surface area contributed by atoms with Gasteiger partial charge in [-0.2, -0.15) is 0 Å². The van der Waals surface area contributed by atoms with Gasteiger partial charge in [-0.3, -0.25) is 9.10 Å². The molecule has 128 valence electrons. The summed E-state index contributed by atoms with van der Waals surface area (Å²) in [6.45, 7) is 1.60. The summed E-state index contributed by atoms with van der Waals surface area (Å²) in [5, 5.41) is 0.441. The number of amides is 1. The Hall–Kier alpha value is -1.27. The number of aryl methyl sites for hydroxylation is 1. The molecule has 1 saturated carbocycles. The third-order valence-electron chi connectivity index (χ3n) is 4.38. The number of likely N-dealkylation sites (N-methyl/N-ethyl adjacent to an activating group) is 1. The van der Waals surface area contributed by atoms with Crippen molar-refractivity contribution in [2.45, 2.75) is 38.6 Å². The molecule has 0 aliphatic heterocycles. The van der Waals surface area contributed by atoms with Crippen molar-refractivity contribution in [2.75, 3.05) is 24.2 Å². The second kappa shape index (κ2) is 7.09. The second-order valence-corrected chi connectivity index (χ2v) is 8.49. The number of carbonyl (C=O) groups excluding carboxylic acids is 1. The zero-order valence-electron chi connectivity index (χ0n) is 13.8. The Bertz CT molecular complexity index is 685. The van der Waals surface area contributed by atoms with Crippen molar-refractivity contribution in [3.05, 3.63) is 28.8 Å². The lowest BCUT2D eigenvalue weighted by Gasteiger charge is -2.29. The van der Waals surface area contributed by atoms with Gasteiger partial charge in [-0.05, 0) is 37.5 Å². The highest BCUT2D eigenvalue weighted by atomic mass is 35.5. The van der Waals surface area contributed by atoms with E-state index in [0.29, 0.717) is 10.7 Å². The maximum Gasteiger partial charge on any atom is 0.243 e. The van der Waals surface area contributed by atoms with Crippen molar-refractivity contribution in [3.8, 4) is 0 Å². The van der Waals surface area contributed by atoms with Gasteiger partial charge < -0.3 is 4.90 Å². The highest BCUT2D eigenvalue weighted by Gasteiger charge is 2.28. The van der Waals surface area contributed by atoms with E-state index in [2.05, 4.69) is 0 Å². The Morgan fingerprint density at radius 3 is 2.48 bits per heavy atom. The summed E-state index contributed by atoms with van der Waals surface area (Å²) in [7, 11) is -1.83. The van der Waals surface area contributed by atoms with Crippen molar-refractivity contribution in [3.63, 3.8) is 0 Å². The predicted molar refractivity (Wildman–Crippen MR) is 93.4 cm³/mol. The monoisotopic (exact) mass is 358 g/mol. The summed E-state index contributed by atoms with van der Waals surface area (Å²) in [5.74, 6) is -0.193. The van der Waals surface area contributed by atoms with E-state index in [9.17, 15) is 13.2 Å². The molecule has 1 fully saturated rings. The first-order valence-electron chi connectivity index (χ1n) is 7.69. The fraction of sp³-hybridized carbons (Fsp3) is 0.562. The quantitative estimate of drug-likeness (QED) is 0.813. The number of sulfonamides is 1. The number of hydrogen-bond acceptors (Lipinski definition) is 3. The van der Waals surface area contributed by atoms with Gasteiger partial charge in [-0.25, -0.2) is 8.42 Å². The van der Waals surface area contributed by atoms with Gasteiger partial charge in [0.15, 0.2) is 0 Å². The number of benzene rings is 1. The fourth-order valence-corrected chi connectivity index (χ4v) is 4.03. The van der Waals surface area contributed by atoms with Gasteiger partial charge in [0, 0.05) is 18.1 Å². The van der Waals surface area contributed by atoms with Crippen molar-refractivity contribution in [1.82, 2.24) is 4.90 Å². The fourth-order valence-electron chi connectivity index (χ4n) is 2.96. The molecule has 1 amide bonds. The topological polar surface area (TPSA) is 57.7 Å². The van der Waals surface area contributed by atoms with Crippen LogP contribution in [0.1, 0.15) is 31.2 Å². The number of anilines is 1. The number of nitrogens with zero attached hydrogens (tertiary/aromatic N) is 2. The minimum Gasteiger partial charge on any atom is -0.341 e. The molecule has 0 unspecified atom stereocenters. The lowest BCUT2D eigenvalue weighted by molar-refractivity contribution is -0.130. The average molecular weight is 359 g/mol. The lowest BCUT2D eigenvalue weighted by Crippen LogP contribution is -2.44. The van der Waals surface area contributed by atoms with E-state index >= 15 is 0 Å². The number of carbonyl (C=O) groups is 1. The Morgan fingerprint density at radius 2 is 1.91 bits per heavy atom. The van der Waals surface area contributed by atoms with Gasteiger partial charge in [0.2, 0.25) is 15.9 Å². The highest BCUT2D eigenvalue weighted by Crippen LogP contribution is 2.27. The van der Waals surface area contributed by atoms with Crippen LogP contribution in [0.5, 0.6) is 0 Å². The smallest absolute Gasteiger partial charge is 0.243 e. The van der Waals surface area contributed by atoms with E-state index in [1.54, 1.807) is 37.1 Å². The minimum atomic E-state index is -3.58. The van der Waals surface area contributed by atoms with Crippen LogP contribution in [0.25, 0.3) is 0 Å². The Kier molecular flexibility index (Phi) is 5.57. The second-order valence-electron chi connectivity index (χ2n) is 6.14. The molecule has 0 spiro atoms. The summed E-state index contributed by atoms with van der Waals surface area (Å²) in [4.78, 5) is 14.2. The van der Waals surface area contributed by atoms with Crippen LogP contribution in [0.3, 0.4) is 0 Å². The largest absolute Gasteiger partial charge is 0.341 e. The zero-order chi connectivity index (χ0) is 17.2. The Balaban J connectivity index is 2.26. The number of halogens is 1. The van der Waals surface area contributed by atoms with Crippen LogP contribution >= 0.6 is 11.6 Å². The van der Waals surface area contributed by atoms with Gasteiger partial charge in [0.25, 0.3) is 0 Å². The number of hydrogen-bond donors (Lipinski definition) is 0. The van der Waals surface area contributed by atoms with E-state index in [0.717, 1.165) is 41.8 Å². The van der Waals surface area contributed by atoms with Crippen molar-refractivity contribution >= 4 is 33.2 Å². The van der Waals surface area contributed by atoms with Crippen molar-refractivity contribution in [2.24, 2.45) is 0 Å². The Labute approximate surface area is 143 Å². The van der Waals surface area contributed by atoms with E-state index in [-0.39, 0.29) is 18.5 Å². The van der Waals surface area contributed by atoms with Crippen molar-refractivity contribution in [1.29, 1.82) is 0 Å². The van der Waals surface area contributed by atoms with Crippen LogP contribution in [0.2, 0.25) is 5.02 Å². The van der Waals surface area contributed by atoms with Crippen LogP contribution < -0.4 is 4.31 Å². The molecule has 7 heteroatoms. The molecule has 1 aliphatic carbocycles. The molecule has 0 aromatic heterocycles. The molecule has 0 N–H and O–H groups in total. The third kappa shape index (κ3) is 4.38. The standard InChI is InChI=1S/C16H23ClN2O3S/c1-12-8-9-13(17)10-15(12)19(23(3,21)22)11-16(20)18(2)14-6-4-5-7-14/h8-10,14H,4-7,11H2,1-3H3. The lowest BCUT2D eigenvalue weighted by atomic mass is 10.2. The van der Waals surface area contributed by atoms with Gasteiger partial charge in [0.05, 0.1) is 11.9 Å². The van der Waals surface area contributed by atoms with Crippen LogP contribution in [-0.2, 0) is 14.8 Å². The van der Waals surface area contributed by atoms with Gasteiger partial charge in [-0.15, -0.1) is 0 Å². The molecule has 0 bridgehead atoms. The highest BCUT2D eigenvalue weighted by molar-refractivity contribution is 7.92.